The number of nitrogens with one attached hydrogen (secondary N) is 1. The van der Waals surface area contributed by atoms with E-state index in [1.165, 1.54) is 0 Å². The van der Waals surface area contributed by atoms with Gasteiger partial charge in [0.05, 0.1) is 0 Å². The van der Waals surface area contributed by atoms with Crippen molar-refractivity contribution < 1.29 is 14.7 Å². The van der Waals surface area contributed by atoms with Crippen molar-refractivity contribution in [2.45, 2.75) is 0 Å². The summed E-state index contributed by atoms with van der Waals surface area (Å²) in [5.74, 6) is -0.495. The molecule has 0 aromatic rings. The molecule has 5 nitrogen and oxygen atoms in total. The molecular weight excluding hydrogens is 136 g/mol. The van der Waals surface area contributed by atoms with Crippen LogP contribution in [-0.2, 0) is 4.79 Å². The number of carbonyl (C=O) groups is 2. The van der Waals surface area contributed by atoms with Gasteiger partial charge in [0.2, 0.25) is 5.91 Å². The highest BCUT2D eigenvalue weighted by molar-refractivity contribution is 5.96. The molecule has 0 heterocycles. The first-order valence-electron chi connectivity index (χ1n) is 2.35. The SMILES string of the molecule is C=CC(=O)NC=NC(=O)O. The van der Waals surface area contributed by atoms with Crippen molar-refractivity contribution in [1.82, 2.24) is 5.32 Å². The summed E-state index contributed by atoms with van der Waals surface area (Å²) in [5, 5.41) is 9.96. The summed E-state index contributed by atoms with van der Waals surface area (Å²) in [6.07, 6.45) is 0.435. The van der Waals surface area contributed by atoms with Gasteiger partial charge in [0.15, 0.2) is 0 Å². The first kappa shape index (κ1) is 8.35. The summed E-state index contributed by atoms with van der Waals surface area (Å²) in [6.45, 7) is 3.14. The fourth-order valence-electron chi connectivity index (χ4n) is 0.210. The van der Waals surface area contributed by atoms with Crippen molar-refractivity contribution in [1.29, 1.82) is 0 Å². The number of hydrogen-bond donors (Lipinski definition) is 2. The molecule has 54 valence electrons. The Morgan fingerprint density at radius 2 is 2.20 bits per heavy atom. The van der Waals surface area contributed by atoms with E-state index in [4.69, 9.17) is 5.11 Å². The van der Waals surface area contributed by atoms with Crippen molar-refractivity contribution >= 4 is 18.3 Å². The smallest absolute Gasteiger partial charge is 0.432 e. The zero-order valence-electron chi connectivity index (χ0n) is 5.07. The lowest BCUT2D eigenvalue weighted by molar-refractivity contribution is -0.115. The van der Waals surface area contributed by atoms with Crippen molar-refractivity contribution in [3.63, 3.8) is 0 Å². The first-order valence-corrected chi connectivity index (χ1v) is 2.35. The summed E-state index contributed by atoms with van der Waals surface area (Å²) in [6, 6.07) is 0. The van der Waals surface area contributed by atoms with E-state index in [-0.39, 0.29) is 0 Å². The molecule has 0 radical (unpaired) electrons. The van der Waals surface area contributed by atoms with Crippen LogP contribution in [0.1, 0.15) is 0 Å². The Morgan fingerprint density at radius 1 is 1.60 bits per heavy atom. The Bertz CT molecular complexity index is 185. The molecule has 0 saturated carbocycles. The lowest BCUT2D eigenvalue weighted by Gasteiger charge is -1.87. The number of hydrogen-bond acceptors (Lipinski definition) is 2. The number of nitrogens with zero attached hydrogens (tertiary/aromatic N) is 1. The molecule has 2 amide bonds. The predicted octanol–water partition coefficient (Wildman–Crippen LogP) is -0.00510. The van der Waals surface area contributed by atoms with Crippen molar-refractivity contribution in [2.24, 2.45) is 4.99 Å². The lowest BCUT2D eigenvalue weighted by Crippen LogP contribution is -2.18. The van der Waals surface area contributed by atoms with Crippen LogP contribution in [0.5, 0.6) is 0 Å². The second-order valence-electron chi connectivity index (χ2n) is 1.25. The molecule has 0 aliphatic carbocycles. The summed E-state index contributed by atoms with van der Waals surface area (Å²) in [7, 11) is 0. The maximum Gasteiger partial charge on any atom is 0.432 e. The molecule has 0 aromatic carbocycles. The van der Waals surface area contributed by atoms with Gasteiger partial charge >= 0.3 is 6.09 Å². The largest absolute Gasteiger partial charge is 0.463 e. The summed E-state index contributed by atoms with van der Waals surface area (Å²) in [5.41, 5.74) is 0. The quantitative estimate of drug-likeness (QED) is 0.323. The number of amides is 2. The summed E-state index contributed by atoms with van der Waals surface area (Å²) < 4.78 is 0. The van der Waals surface area contributed by atoms with Crippen molar-refractivity contribution in [3.8, 4) is 0 Å². The molecule has 0 aliphatic rings. The van der Waals surface area contributed by atoms with Crippen LogP contribution < -0.4 is 5.32 Å². The molecule has 5 heteroatoms. The van der Waals surface area contributed by atoms with E-state index < -0.39 is 12.0 Å². The molecule has 0 atom stereocenters. The molecule has 0 aliphatic heterocycles. The monoisotopic (exact) mass is 142 g/mol. The third-order valence-electron chi connectivity index (χ3n) is 0.567. The van der Waals surface area contributed by atoms with E-state index in [1.54, 1.807) is 0 Å². The van der Waals surface area contributed by atoms with Gasteiger partial charge in [-0.1, -0.05) is 6.58 Å². The fourth-order valence-corrected chi connectivity index (χ4v) is 0.210. The van der Waals surface area contributed by atoms with Gasteiger partial charge in [0.1, 0.15) is 6.34 Å². The van der Waals surface area contributed by atoms with Gasteiger partial charge < -0.3 is 10.4 Å². The van der Waals surface area contributed by atoms with Gasteiger partial charge in [-0.25, -0.2) is 4.79 Å². The molecular formula is C5H6N2O3. The Hall–Kier alpha value is -1.65. The third kappa shape index (κ3) is 4.51. The summed E-state index contributed by atoms with van der Waals surface area (Å²) in [4.78, 5) is 22.8. The Morgan fingerprint density at radius 3 is 2.60 bits per heavy atom. The summed E-state index contributed by atoms with van der Waals surface area (Å²) >= 11 is 0. The number of aliphatic imine (C=N–C) groups is 1. The van der Waals surface area contributed by atoms with Crippen LogP contribution in [0.15, 0.2) is 17.6 Å². The third-order valence-corrected chi connectivity index (χ3v) is 0.567. The molecule has 0 aromatic heterocycles. The van der Waals surface area contributed by atoms with Crippen molar-refractivity contribution in [2.75, 3.05) is 0 Å². The normalized spacial score (nSPS) is 9.20. The topological polar surface area (TPSA) is 78.8 Å². The maximum atomic E-state index is 10.3. The minimum absolute atomic E-state index is 0.495. The Labute approximate surface area is 57.1 Å². The minimum Gasteiger partial charge on any atom is -0.463 e. The highest BCUT2D eigenvalue weighted by Crippen LogP contribution is 1.67. The van der Waals surface area contributed by atoms with Gasteiger partial charge in [-0.3, -0.25) is 4.79 Å². The highest BCUT2D eigenvalue weighted by atomic mass is 16.4. The second kappa shape index (κ2) is 4.25. The minimum atomic E-state index is -1.36. The average molecular weight is 142 g/mol. The lowest BCUT2D eigenvalue weighted by atomic mass is 10.6. The van der Waals surface area contributed by atoms with Gasteiger partial charge in [-0.05, 0) is 6.08 Å². The van der Waals surface area contributed by atoms with Gasteiger partial charge in [0, 0.05) is 0 Å². The molecule has 0 unspecified atom stereocenters. The predicted molar refractivity (Wildman–Crippen MR) is 34.9 cm³/mol. The van der Waals surface area contributed by atoms with Crippen LogP contribution in [-0.4, -0.2) is 23.4 Å². The van der Waals surface area contributed by atoms with Crippen LogP contribution in [0.4, 0.5) is 4.79 Å². The highest BCUT2D eigenvalue weighted by Gasteiger charge is 1.88. The van der Waals surface area contributed by atoms with E-state index in [2.05, 4.69) is 11.6 Å². The zero-order chi connectivity index (χ0) is 7.98. The standard InChI is InChI=1S/C5H6N2O3/c1-2-4(8)6-3-7-5(9)10/h2-3H,1H2,(H,9,10)(H,6,7,8). The van der Waals surface area contributed by atoms with Crippen LogP contribution in [0.25, 0.3) is 0 Å². The van der Waals surface area contributed by atoms with E-state index in [0.717, 1.165) is 12.4 Å². The average Bonchev–Trinajstić information content (AvgIpc) is 1.87. The molecule has 0 bridgehead atoms. The van der Waals surface area contributed by atoms with Crippen LogP contribution >= 0.6 is 0 Å². The van der Waals surface area contributed by atoms with Crippen LogP contribution in [0, 0.1) is 0 Å². The fraction of sp³-hybridized carbons (Fsp3) is 0. The molecule has 0 rings (SSSR count). The van der Waals surface area contributed by atoms with E-state index in [1.807, 2.05) is 5.32 Å². The van der Waals surface area contributed by atoms with Crippen molar-refractivity contribution in [3.05, 3.63) is 12.7 Å². The van der Waals surface area contributed by atoms with Crippen LogP contribution in [0.3, 0.4) is 0 Å². The van der Waals surface area contributed by atoms with E-state index >= 15 is 0 Å². The molecule has 0 spiro atoms. The first-order chi connectivity index (χ1) is 4.66. The molecule has 0 fully saturated rings. The van der Waals surface area contributed by atoms with E-state index in [9.17, 15) is 9.59 Å². The number of carboxylic acid groups (broad SMARTS) is 1. The zero-order valence-corrected chi connectivity index (χ0v) is 5.07. The second-order valence-corrected chi connectivity index (χ2v) is 1.25. The number of carbonyl (C=O) groups excluding carboxylic acids is 1. The maximum absolute atomic E-state index is 10.3. The Balaban J connectivity index is 3.63. The Kier molecular flexibility index (Phi) is 3.55. The molecule has 0 saturated heterocycles. The molecule has 10 heavy (non-hydrogen) atoms. The van der Waals surface area contributed by atoms with Gasteiger partial charge in [-0.2, -0.15) is 4.99 Å². The van der Waals surface area contributed by atoms with Gasteiger partial charge in [-0.15, -0.1) is 0 Å². The molecule has 2 N–H and O–H groups in total. The van der Waals surface area contributed by atoms with Crippen LogP contribution in [0.2, 0.25) is 0 Å². The number of rotatable bonds is 2. The van der Waals surface area contributed by atoms with Gasteiger partial charge in [0.25, 0.3) is 0 Å². The van der Waals surface area contributed by atoms with E-state index in [0.29, 0.717) is 0 Å².